The Balaban J connectivity index is 2.09. The van der Waals surface area contributed by atoms with Gasteiger partial charge < -0.3 is 0 Å². The van der Waals surface area contributed by atoms with E-state index in [4.69, 9.17) is 0 Å². The maximum absolute atomic E-state index is 11.6. The lowest BCUT2D eigenvalue weighted by Gasteiger charge is -2.16. The minimum atomic E-state index is -0.0672. The second kappa shape index (κ2) is 2.85. The molecule has 3 nitrogen and oxygen atoms in total. The Morgan fingerprint density at radius 1 is 1.31 bits per heavy atom. The molecule has 1 N–H and O–H groups in total. The number of nitrogens with zero attached hydrogens (tertiary/aromatic N) is 1. The number of hydrogen-bond donors (Lipinski definition) is 1. The molecule has 0 radical (unpaired) electrons. The first-order chi connectivity index (χ1) is 6.18. The van der Waals surface area contributed by atoms with Crippen LogP contribution in [0.4, 0.5) is 0 Å². The highest BCUT2D eigenvalue weighted by atomic mass is 16.2. The highest BCUT2D eigenvalue weighted by Crippen LogP contribution is 2.34. The van der Waals surface area contributed by atoms with E-state index in [1.54, 1.807) is 5.01 Å². The Morgan fingerprint density at radius 2 is 1.85 bits per heavy atom. The fourth-order valence-corrected chi connectivity index (χ4v) is 1.66. The molecule has 2 rings (SSSR count). The summed E-state index contributed by atoms with van der Waals surface area (Å²) >= 11 is 0. The Bertz CT molecular complexity index is 315. The Morgan fingerprint density at radius 3 is 2.23 bits per heavy atom. The van der Waals surface area contributed by atoms with Crippen LogP contribution >= 0.6 is 0 Å². The van der Waals surface area contributed by atoms with Crippen molar-refractivity contribution >= 4 is 5.91 Å². The van der Waals surface area contributed by atoms with Gasteiger partial charge >= 0.3 is 0 Å². The molecule has 0 saturated heterocycles. The molecule has 2 aliphatic carbocycles. The van der Waals surface area contributed by atoms with Crippen LogP contribution in [0, 0.1) is 5.92 Å². The van der Waals surface area contributed by atoms with Crippen LogP contribution in [-0.4, -0.2) is 25.0 Å². The van der Waals surface area contributed by atoms with Crippen molar-refractivity contribution in [3.05, 3.63) is 35.5 Å². The zero-order chi connectivity index (χ0) is 9.42. The molecule has 13 heavy (non-hydrogen) atoms. The SMILES string of the molecule is CN(C)NC(=O)C1C2=CC=C1C=C2. The molecule has 0 aromatic carbocycles. The fourth-order valence-electron chi connectivity index (χ4n) is 1.66. The van der Waals surface area contributed by atoms with Crippen LogP contribution in [-0.2, 0) is 4.79 Å². The van der Waals surface area contributed by atoms with Crippen molar-refractivity contribution in [2.45, 2.75) is 0 Å². The van der Waals surface area contributed by atoms with Gasteiger partial charge in [0.25, 0.3) is 0 Å². The first-order valence-electron chi connectivity index (χ1n) is 4.26. The lowest BCUT2D eigenvalue weighted by Crippen LogP contribution is -2.40. The molecule has 0 aliphatic heterocycles. The number of allylic oxidation sites excluding steroid dienone is 4. The predicted molar refractivity (Wildman–Crippen MR) is 50.6 cm³/mol. The third-order valence-corrected chi connectivity index (χ3v) is 2.20. The molecule has 0 aromatic heterocycles. The average molecular weight is 176 g/mol. The molecule has 0 fully saturated rings. The molecule has 1 amide bonds. The number of fused-ring (bicyclic) bond motifs is 2. The highest BCUT2D eigenvalue weighted by molar-refractivity contribution is 5.88. The molecular formula is C10H12N2O. The van der Waals surface area contributed by atoms with Crippen LogP contribution in [0.3, 0.4) is 0 Å². The number of hydrazine groups is 1. The van der Waals surface area contributed by atoms with Crippen molar-refractivity contribution < 1.29 is 4.79 Å². The van der Waals surface area contributed by atoms with E-state index < -0.39 is 0 Å². The maximum Gasteiger partial charge on any atom is 0.246 e. The Hall–Kier alpha value is -1.35. The monoisotopic (exact) mass is 176 g/mol. The third-order valence-electron chi connectivity index (χ3n) is 2.20. The summed E-state index contributed by atoms with van der Waals surface area (Å²) in [6.45, 7) is 0. The van der Waals surface area contributed by atoms with Gasteiger partial charge in [0.15, 0.2) is 0 Å². The van der Waals surface area contributed by atoms with Crippen molar-refractivity contribution in [2.75, 3.05) is 14.1 Å². The molecule has 0 spiro atoms. The number of amides is 1. The fraction of sp³-hybridized carbons (Fsp3) is 0.300. The van der Waals surface area contributed by atoms with Crippen molar-refractivity contribution in [3.63, 3.8) is 0 Å². The second-order valence-electron chi connectivity index (χ2n) is 3.47. The third kappa shape index (κ3) is 1.31. The second-order valence-corrected chi connectivity index (χ2v) is 3.47. The van der Waals surface area contributed by atoms with Gasteiger partial charge in [-0.3, -0.25) is 10.2 Å². The minimum absolute atomic E-state index is 0.0463. The average Bonchev–Trinajstić information content (AvgIpc) is 2.60. The summed E-state index contributed by atoms with van der Waals surface area (Å²) in [7, 11) is 3.62. The van der Waals surface area contributed by atoms with Crippen molar-refractivity contribution in [1.82, 2.24) is 10.4 Å². The van der Waals surface area contributed by atoms with Gasteiger partial charge in [0, 0.05) is 14.1 Å². The summed E-state index contributed by atoms with van der Waals surface area (Å²) < 4.78 is 0. The van der Waals surface area contributed by atoms with Gasteiger partial charge in [0.05, 0.1) is 5.92 Å². The smallest absolute Gasteiger partial charge is 0.246 e. The molecule has 0 saturated carbocycles. The zero-order valence-corrected chi connectivity index (χ0v) is 7.74. The van der Waals surface area contributed by atoms with Gasteiger partial charge in [-0.1, -0.05) is 24.3 Å². The first kappa shape index (κ1) is 8.26. The summed E-state index contributed by atoms with van der Waals surface area (Å²) in [5.41, 5.74) is 4.94. The molecule has 2 aliphatic rings. The normalized spacial score (nSPS) is 19.3. The molecule has 0 heterocycles. The molecule has 68 valence electrons. The molecule has 0 atom stereocenters. The molecule has 3 heteroatoms. The van der Waals surface area contributed by atoms with E-state index in [0.717, 1.165) is 11.1 Å². The van der Waals surface area contributed by atoms with Crippen LogP contribution in [0.2, 0.25) is 0 Å². The number of hydrogen-bond acceptors (Lipinski definition) is 2. The zero-order valence-electron chi connectivity index (χ0n) is 7.74. The van der Waals surface area contributed by atoms with E-state index in [-0.39, 0.29) is 11.8 Å². The quantitative estimate of drug-likeness (QED) is 0.626. The van der Waals surface area contributed by atoms with Gasteiger partial charge in [-0.25, -0.2) is 5.01 Å². The van der Waals surface area contributed by atoms with Crippen molar-refractivity contribution in [2.24, 2.45) is 5.92 Å². The van der Waals surface area contributed by atoms with E-state index in [0.29, 0.717) is 0 Å². The maximum atomic E-state index is 11.6. The Labute approximate surface area is 77.4 Å². The van der Waals surface area contributed by atoms with E-state index in [2.05, 4.69) is 5.43 Å². The van der Waals surface area contributed by atoms with E-state index in [9.17, 15) is 4.79 Å². The van der Waals surface area contributed by atoms with Crippen LogP contribution in [0.25, 0.3) is 0 Å². The number of carbonyl (C=O) groups excluding carboxylic acids is 1. The number of rotatable bonds is 2. The molecule has 0 unspecified atom stereocenters. The lowest BCUT2D eigenvalue weighted by molar-refractivity contribution is -0.126. The van der Waals surface area contributed by atoms with Crippen LogP contribution < -0.4 is 5.43 Å². The topological polar surface area (TPSA) is 32.3 Å². The van der Waals surface area contributed by atoms with Gasteiger partial charge in [0.1, 0.15) is 0 Å². The van der Waals surface area contributed by atoms with Crippen LogP contribution in [0.1, 0.15) is 0 Å². The van der Waals surface area contributed by atoms with Gasteiger partial charge in [-0.2, -0.15) is 0 Å². The molecule has 2 bridgehead atoms. The first-order valence-corrected chi connectivity index (χ1v) is 4.26. The van der Waals surface area contributed by atoms with Gasteiger partial charge in [-0.15, -0.1) is 0 Å². The van der Waals surface area contributed by atoms with Gasteiger partial charge in [-0.05, 0) is 11.1 Å². The molecule has 0 aromatic rings. The summed E-state index contributed by atoms with van der Waals surface area (Å²) in [6.07, 6.45) is 7.98. The largest absolute Gasteiger partial charge is 0.289 e. The Kier molecular flexibility index (Phi) is 1.81. The predicted octanol–water partition coefficient (Wildman–Crippen LogP) is 0.632. The van der Waals surface area contributed by atoms with Crippen LogP contribution in [0.15, 0.2) is 35.5 Å². The molecular weight excluding hydrogens is 164 g/mol. The van der Waals surface area contributed by atoms with Crippen LogP contribution in [0.5, 0.6) is 0 Å². The number of nitrogens with one attached hydrogen (secondary N) is 1. The van der Waals surface area contributed by atoms with E-state index >= 15 is 0 Å². The number of carbonyl (C=O) groups is 1. The summed E-state index contributed by atoms with van der Waals surface area (Å²) in [5, 5.41) is 1.67. The van der Waals surface area contributed by atoms with Crippen molar-refractivity contribution in [3.8, 4) is 0 Å². The van der Waals surface area contributed by atoms with Gasteiger partial charge in [0.2, 0.25) is 5.91 Å². The summed E-state index contributed by atoms with van der Waals surface area (Å²) in [5.74, 6) is -0.0209. The highest BCUT2D eigenvalue weighted by Gasteiger charge is 2.31. The van der Waals surface area contributed by atoms with Crippen molar-refractivity contribution in [1.29, 1.82) is 0 Å². The lowest BCUT2D eigenvalue weighted by atomic mass is 10.0. The van der Waals surface area contributed by atoms with E-state index in [1.165, 1.54) is 0 Å². The summed E-state index contributed by atoms with van der Waals surface area (Å²) in [4.78, 5) is 11.6. The summed E-state index contributed by atoms with van der Waals surface area (Å²) in [6, 6.07) is 0. The minimum Gasteiger partial charge on any atom is -0.289 e. The van der Waals surface area contributed by atoms with E-state index in [1.807, 2.05) is 38.4 Å². The standard InChI is InChI=1S/C10H12N2O/c1-12(2)11-10(13)9-7-3-4-8(9)6-5-7/h3-6,9H,1-2H3,(H,11,13).